The van der Waals surface area contributed by atoms with Gasteiger partial charge in [-0.1, -0.05) is 15.9 Å². The number of nitrogens with one attached hydrogen (secondary N) is 1. The van der Waals surface area contributed by atoms with Crippen LogP contribution in [-0.2, 0) is 12.7 Å². The Morgan fingerprint density at radius 3 is 2.58 bits per heavy atom. The number of anilines is 1. The summed E-state index contributed by atoms with van der Waals surface area (Å²) < 4.78 is 44.2. The molecule has 2 rings (SSSR count). The average molecular weight is 334 g/mol. The number of alkyl halides is 3. The van der Waals surface area contributed by atoms with E-state index in [9.17, 15) is 13.2 Å². The van der Waals surface area contributed by atoms with Gasteiger partial charge in [0.15, 0.2) is 0 Å². The normalized spacial score (nSPS) is 11.6. The molecule has 0 bridgehead atoms. The summed E-state index contributed by atoms with van der Waals surface area (Å²) in [5, 5.41) is 2.76. The van der Waals surface area contributed by atoms with Gasteiger partial charge in [0, 0.05) is 10.2 Å². The van der Waals surface area contributed by atoms with Gasteiger partial charge >= 0.3 is 6.18 Å². The fourth-order valence-corrected chi connectivity index (χ4v) is 2.03. The van der Waals surface area contributed by atoms with E-state index in [1.807, 2.05) is 6.92 Å². The Bertz CT molecular complexity index is 578. The summed E-state index contributed by atoms with van der Waals surface area (Å²) in [5.41, 5.74) is 0.232. The summed E-state index contributed by atoms with van der Waals surface area (Å²) >= 11 is 3.04. The van der Waals surface area contributed by atoms with Gasteiger partial charge in [-0.3, -0.25) is 0 Å². The lowest BCUT2D eigenvalue weighted by Gasteiger charge is -2.14. The number of hydrogen-bond acceptors (Lipinski definition) is 2. The minimum absolute atomic E-state index is 0.0338. The molecule has 19 heavy (non-hydrogen) atoms. The molecule has 0 aliphatic heterocycles. The van der Waals surface area contributed by atoms with Gasteiger partial charge in [-0.05, 0) is 36.8 Å². The van der Waals surface area contributed by atoms with E-state index in [1.165, 1.54) is 12.3 Å². The topological polar surface area (TPSA) is 25.2 Å². The molecule has 0 atom stereocenters. The molecule has 1 aromatic carbocycles. The summed E-state index contributed by atoms with van der Waals surface area (Å²) in [6, 6.07) is 5.78. The van der Waals surface area contributed by atoms with E-state index in [2.05, 4.69) is 21.2 Å². The van der Waals surface area contributed by atoms with Crippen LogP contribution in [0.5, 0.6) is 0 Å². The second-order valence-corrected chi connectivity index (χ2v) is 4.98. The molecule has 2 nitrogen and oxygen atoms in total. The molecular weight excluding hydrogens is 323 g/mol. The van der Waals surface area contributed by atoms with Gasteiger partial charge in [0.25, 0.3) is 0 Å². The molecule has 1 heterocycles. The average Bonchev–Trinajstić information content (AvgIpc) is 2.72. The fraction of sp³-hybridized carbons (Fsp3) is 0.231. The second-order valence-electron chi connectivity index (χ2n) is 4.07. The maximum atomic E-state index is 12.9. The van der Waals surface area contributed by atoms with Crippen molar-refractivity contribution in [1.29, 1.82) is 0 Å². The highest BCUT2D eigenvalue weighted by Crippen LogP contribution is 2.36. The monoisotopic (exact) mass is 333 g/mol. The smallest absolute Gasteiger partial charge is 0.418 e. The summed E-state index contributed by atoms with van der Waals surface area (Å²) in [4.78, 5) is 0. The van der Waals surface area contributed by atoms with E-state index in [0.29, 0.717) is 10.2 Å². The van der Waals surface area contributed by atoms with Crippen LogP contribution >= 0.6 is 15.9 Å². The van der Waals surface area contributed by atoms with Gasteiger partial charge < -0.3 is 9.73 Å². The van der Waals surface area contributed by atoms with E-state index < -0.39 is 11.7 Å². The highest BCUT2D eigenvalue weighted by Gasteiger charge is 2.33. The first-order chi connectivity index (χ1) is 8.88. The first-order valence-electron chi connectivity index (χ1n) is 5.51. The Morgan fingerprint density at radius 2 is 2.00 bits per heavy atom. The summed E-state index contributed by atoms with van der Waals surface area (Å²) in [6.45, 7) is 2.05. The zero-order valence-electron chi connectivity index (χ0n) is 10.0. The minimum Gasteiger partial charge on any atom is -0.467 e. The maximum absolute atomic E-state index is 12.9. The standard InChI is InChI=1S/C13H11BrF3NO/c1-8-4-5-19-12(8)7-18-11-3-2-9(14)6-10(11)13(15,16)17/h2-6,18H,7H2,1H3. The molecule has 0 aliphatic carbocycles. The van der Waals surface area contributed by atoms with E-state index in [-0.39, 0.29) is 12.2 Å². The van der Waals surface area contributed by atoms with Crippen LogP contribution < -0.4 is 5.32 Å². The number of halogens is 4. The highest BCUT2D eigenvalue weighted by atomic mass is 79.9. The minimum atomic E-state index is -4.40. The van der Waals surface area contributed by atoms with Crippen LogP contribution in [0.4, 0.5) is 18.9 Å². The molecule has 1 aromatic heterocycles. The van der Waals surface area contributed by atoms with Crippen molar-refractivity contribution < 1.29 is 17.6 Å². The molecule has 6 heteroatoms. The lowest BCUT2D eigenvalue weighted by atomic mass is 10.1. The third-order valence-electron chi connectivity index (χ3n) is 2.69. The van der Waals surface area contributed by atoms with Crippen molar-refractivity contribution in [1.82, 2.24) is 0 Å². The molecule has 0 radical (unpaired) electrons. The quantitative estimate of drug-likeness (QED) is 0.856. The predicted molar refractivity (Wildman–Crippen MR) is 69.9 cm³/mol. The van der Waals surface area contributed by atoms with Crippen molar-refractivity contribution in [3.63, 3.8) is 0 Å². The van der Waals surface area contributed by atoms with Crippen molar-refractivity contribution in [3.05, 3.63) is 51.9 Å². The zero-order valence-corrected chi connectivity index (χ0v) is 11.6. The molecule has 2 aromatic rings. The van der Waals surface area contributed by atoms with Crippen LogP contribution in [0.15, 0.2) is 39.4 Å². The molecule has 1 N–H and O–H groups in total. The van der Waals surface area contributed by atoms with Crippen molar-refractivity contribution >= 4 is 21.6 Å². The molecule has 0 unspecified atom stereocenters. The molecule has 0 amide bonds. The van der Waals surface area contributed by atoms with Crippen LogP contribution in [0.2, 0.25) is 0 Å². The van der Waals surface area contributed by atoms with Crippen LogP contribution in [-0.4, -0.2) is 0 Å². The van der Waals surface area contributed by atoms with Gasteiger partial charge in [0.2, 0.25) is 0 Å². The summed E-state index contributed by atoms with van der Waals surface area (Å²) in [6.07, 6.45) is -2.89. The van der Waals surface area contributed by atoms with E-state index in [1.54, 1.807) is 12.1 Å². The Morgan fingerprint density at radius 1 is 1.26 bits per heavy atom. The highest BCUT2D eigenvalue weighted by molar-refractivity contribution is 9.10. The Balaban J connectivity index is 2.23. The summed E-state index contributed by atoms with van der Waals surface area (Å²) in [5.74, 6) is 0.621. The van der Waals surface area contributed by atoms with Crippen molar-refractivity contribution in [2.75, 3.05) is 5.32 Å². The molecule has 0 fully saturated rings. The Hall–Kier alpha value is -1.43. The fourth-order valence-electron chi connectivity index (χ4n) is 1.67. The first-order valence-corrected chi connectivity index (χ1v) is 6.31. The van der Waals surface area contributed by atoms with Crippen molar-refractivity contribution in [2.45, 2.75) is 19.6 Å². The van der Waals surface area contributed by atoms with Crippen molar-refractivity contribution in [3.8, 4) is 0 Å². The molecule has 0 aliphatic rings. The number of hydrogen-bond donors (Lipinski definition) is 1. The molecule has 0 spiro atoms. The summed E-state index contributed by atoms with van der Waals surface area (Å²) in [7, 11) is 0. The SMILES string of the molecule is Cc1ccoc1CNc1ccc(Br)cc1C(F)(F)F. The molecule has 0 saturated carbocycles. The number of aryl methyl sites for hydroxylation is 1. The van der Waals surface area contributed by atoms with E-state index in [0.717, 1.165) is 11.6 Å². The van der Waals surface area contributed by atoms with E-state index in [4.69, 9.17) is 4.42 Å². The third-order valence-corrected chi connectivity index (χ3v) is 3.19. The maximum Gasteiger partial charge on any atom is 0.418 e. The molecular formula is C13H11BrF3NO. The van der Waals surface area contributed by atoms with Crippen LogP contribution in [0, 0.1) is 6.92 Å². The number of benzene rings is 1. The van der Waals surface area contributed by atoms with Crippen LogP contribution in [0.1, 0.15) is 16.9 Å². The Kier molecular flexibility index (Phi) is 3.89. The zero-order chi connectivity index (χ0) is 14.0. The molecule has 102 valence electrons. The van der Waals surface area contributed by atoms with Crippen LogP contribution in [0.25, 0.3) is 0 Å². The number of rotatable bonds is 3. The Labute approximate surface area is 116 Å². The van der Waals surface area contributed by atoms with Crippen LogP contribution in [0.3, 0.4) is 0 Å². The lowest BCUT2D eigenvalue weighted by molar-refractivity contribution is -0.137. The van der Waals surface area contributed by atoms with Gasteiger partial charge in [-0.15, -0.1) is 0 Å². The van der Waals surface area contributed by atoms with Gasteiger partial charge in [0.05, 0.1) is 18.4 Å². The largest absolute Gasteiger partial charge is 0.467 e. The molecule has 0 saturated heterocycles. The first kappa shape index (κ1) is 14.0. The van der Waals surface area contributed by atoms with Gasteiger partial charge in [-0.2, -0.15) is 13.2 Å². The lowest BCUT2D eigenvalue weighted by Crippen LogP contribution is -2.11. The van der Waals surface area contributed by atoms with Gasteiger partial charge in [-0.25, -0.2) is 0 Å². The second kappa shape index (κ2) is 5.28. The third kappa shape index (κ3) is 3.32. The van der Waals surface area contributed by atoms with Gasteiger partial charge in [0.1, 0.15) is 5.76 Å². The van der Waals surface area contributed by atoms with Crippen molar-refractivity contribution in [2.24, 2.45) is 0 Å². The van der Waals surface area contributed by atoms with E-state index >= 15 is 0 Å². The predicted octanol–water partition coefficient (Wildman–Crippen LogP) is 4.98. The number of furan rings is 1.